The van der Waals surface area contributed by atoms with E-state index < -0.39 is 9.84 Å². The monoisotopic (exact) mass is 272 g/mol. The average Bonchev–Trinajstić information content (AvgIpc) is 2.83. The molecule has 0 radical (unpaired) electrons. The summed E-state index contributed by atoms with van der Waals surface area (Å²) in [6.45, 7) is 0.667. The molecule has 0 amide bonds. The van der Waals surface area contributed by atoms with E-state index in [4.69, 9.17) is 4.74 Å². The third-order valence-electron chi connectivity index (χ3n) is 3.27. The van der Waals surface area contributed by atoms with Gasteiger partial charge in [0.2, 0.25) is 0 Å². The molecule has 3 rings (SSSR count). The fourth-order valence-electron chi connectivity index (χ4n) is 2.22. The van der Waals surface area contributed by atoms with Gasteiger partial charge < -0.3 is 4.74 Å². The van der Waals surface area contributed by atoms with Crippen molar-refractivity contribution in [1.82, 2.24) is 20.2 Å². The van der Waals surface area contributed by atoms with Crippen LogP contribution in [-0.2, 0) is 20.3 Å². The zero-order chi connectivity index (χ0) is 12.6. The predicted octanol–water partition coefficient (Wildman–Crippen LogP) is 0.102. The van der Waals surface area contributed by atoms with E-state index in [1.165, 1.54) is 0 Å². The number of aromatic nitrogens is 4. The maximum atomic E-state index is 12.1. The average molecular weight is 272 g/mol. The fraction of sp³-hybridized carbons (Fsp3) is 0.900. The van der Waals surface area contributed by atoms with Crippen LogP contribution in [0.5, 0.6) is 0 Å². The Hall–Kier alpha value is -1.02. The predicted molar refractivity (Wildman–Crippen MR) is 62.6 cm³/mol. The SMILES string of the molecule is O=S(=O)(Cc1nnnn1C1CC1)C[C@H]1CCCO1. The van der Waals surface area contributed by atoms with Crippen molar-refractivity contribution >= 4 is 9.84 Å². The van der Waals surface area contributed by atoms with Crippen molar-refractivity contribution in [3.05, 3.63) is 5.82 Å². The highest BCUT2D eigenvalue weighted by atomic mass is 32.2. The molecule has 2 heterocycles. The molecule has 2 fully saturated rings. The second-order valence-electron chi connectivity index (χ2n) is 4.96. The summed E-state index contributed by atoms with van der Waals surface area (Å²) in [6.07, 6.45) is 3.68. The molecule has 8 heteroatoms. The van der Waals surface area contributed by atoms with Crippen LogP contribution < -0.4 is 0 Å². The van der Waals surface area contributed by atoms with E-state index in [0.717, 1.165) is 25.7 Å². The summed E-state index contributed by atoms with van der Waals surface area (Å²) in [5.41, 5.74) is 0. The second-order valence-corrected chi connectivity index (χ2v) is 7.07. The molecular formula is C10H16N4O3S. The molecule has 2 aliphatic rings. The van der Waals surface area contributed by atoms with Crippen LogP contribution in [0.15, 0.2) is 0 Å². The van der Waals surface area contributed by atoms with Crippen molar-refractivity contribution in [3.63, 3.8) is 0 Å². The smallest absolute Gasteiger partial charge is 0.166 e. The Bertz CT molecular complexity index is 517. The molecule has 1 saturated carbocycles. The lowest BCUT2D eigenvalue weighted by Crippen LogP contribution is -2.22. The van der Waals surface area contributed by atoms with E-state index in [-0.39, 0.29) is 17.6 Å². The summed E-state index contributed by atoms with van der Waals surface area (Å²) in [5, 5.41) is 11.2. The summed E-state index contributed by atoms with van der Waals surface area (Å²) in [5.74, 6) is 0.441. The number of hydrogen-bond donors (Lipinski definition) is 0. The van der Waals surface area contributed by atoms with E-state index in [1.54, 1.807) is 4.68 Å². The molecule has 100 valence electrons. The van der Waals surface area contributed by atoms with Crippen LogP contribution in [0.3, 0.4) is 0 Å². The van der Waals surface area contributed by atoms with Gasteiger partial charge in [0.1, 0.15) is 5.75 Å². The number of nitrogens with zero attached hydrogens (tertiary/aromatic N) is 4. The van der Waals surface area contributed by atoms with Crippen LogP contribution >= 0.6 is 0 Å². The first-order chi connectivity index (χ1) is 8.64. The molecule has 18 heavy (non-hydrogen) atoms. The topological polar surface area (TPSA) is 87.0 Å². The molecule has 0 unspecified atom stereocenters. The van der Waals surface area contributed by atoms with Crippen molar-refractivity contribution in [2.75, 3.05) is 12.4 Å². The van der Waals surface area contributed by atoms with Crippen molar-refractivity contribution in [3.8, 4) is 0 Å². The Balaban J connectivity index is 1.68. The first-order valence-electron chi connectivity index (χ1n) is 6.23. The summed E-state index contributed by atoms with van der Waals surface area (Å²) in [4.78, 5) is 0. The third kappa shape index (κ3) is 2.69. The molecule has 0 spiro atoms. The maximum absolute atomic E-state index is 12.1. The lowest BCUT2D eigenvalue weighted by molar-refractivity contribution is 0.127. The molecule has 0 aromatic carbocycles. The summed E-state index contributed by atoms with van der Waals surface area (Å²) in [7, 11) is -3.20. The van der Waals surface area contributed by atoms with Crippen LogP contribution in [0.25, 0.3) is 0 Å². The van der Waals surface area contributed by atoms with Crippen LogP contribution in [0.2, 0.25) is 0 Å². The lowest BCUT2D eigenvalue weighted by Gasteiger charge is -2.09. The summed E-state index contributed by atoms with van der Waals surface area (Å²) >= 11 is 0. The van der Waals surface area contributed by atoms with E-state index in [9.17, 15) is 8.42 Å². The van der Waals surface area contributed by atoms with Crippen LogP contribution in [0.4, 0.5) is 0 Å². The van der Waals surface area contributed by atoms with Crippen LogP contribution in [-0.4, -0.2) is 47.1 Å². The Morgan fingerprint density at radius 1 is 1.33 bits per heavy atom. The zero-order valence-corrected chi connectivity index (χ0v) is 10.8. The van der Waals surface area contributed by atoms with Gasteiger partial charge in [0.05, 0.1) is 17.9 Å². The minimum atomic E-state index is -3.20. The van der Waals surface area contributed by atoms with Gasteiger partial charge in [-0.15, -0.1) is 5.10 Å². The first-order valence-corrected chi connectivity index (χ1v) is 8.05. The molecule has 1 aromatic rings. The molecule has 1 atom stereocenters. The Kier molecular flexibility index (Phi) is 3.06. The van der Waals surface area contributed by atoms with Gasteiger partial charge in [-0.1, -0.05) is 0 Å². The molecule has 7 nitrogen and oxygen atoms in total. The number of tetrazole rings is 1. The minimum Gasteiger partial charge on any atom is -0.377 e. The number of rotatable bonds is 5. The van der Waals surface area contributed by atoms with Gasteiger partial charge in [0.25, 0.3) is 0 Å². The highest BCUT2D eigenvalue weighted by molar-refractivity contribution is 7.90. The van der Waals surface area contributed by atoms with Gasteiger partial charge in [0, 0.05) is 6.61 Å². The molecular weight excluding hydrogens is 256 g/mol. The van der Waals surface area contributed by atoms with Gasteiger partial charge in [0.15, 0.2) is 15.7 Å². The standard InChI is InChI=1S/C10H16N4O3S/c15-18(16,6-9-2-1-5-17-9)7-10-11-12-13-14(10)8-3-4-8/h8-9H,1-7H2/t9-/m1/s1. The van der Waals surface area contributed by atoms with E-state index in [0.29, 0.717) is 18.5 Å². The van der Waals surface area contributed by atoms with Crippen molar-refractivity contribution in [1.29, 1.82) is 0 Å². The Labute approximate surface area is 105 Å². The highest BCUT2D eigenvalue weighted by Crippen LogP contribution is 2.34. The third-order valence-corrected chi connectivity index (χ3v) is 4.84. The normalized spacial score (nSPS) is 24.6. The second kappa shape index (κ2) is 4.58. The summed E-state index contributed by atoms with van der Waals surface area (Å²) in [6, 6.07) is 0.299. The first kappa shape index (κ1) is 12.0. The Morgan fingerprint density at radius 2 is 2.17 bits per heavy atom. The van der Waals surface area contributed by atoms with E-state index in [1.807, 2.05) is 0 Å². The number of ether oxygens (including phenoxy) is 1. The largest absolute Gasteiger partial charge is 0.377 e. The Morgan fingerprint density at radius 3 is 2.83 bits per heavy atom. The molecule has 0 bridgehead atoms. The van der Waals surface area contributed by atoms with Gasteiger partial charge >= 0.3 is 0 Å². The quantitative estimate of drug-likeness (QED) is 0.755. The summed E-state index contributed by atoms with van der Waals surface area (Å²) < 4.78 is 31.1. The van der Waals surface area contributed by atoms with E-state index in [2.05, 4.69) is 15.5 Å². The van der Waals surface area contributed by atoms with Gasteiger partial charge in [-0.25, -0.2) is 13.1 Å². The lowest BCUT2D eigenvalue weighted by atomic mass is 10.3. The zero-order valence-electron chi connectivity index (χ0n) is 10.0. The van der Waals surface area contributed by atoms with Crippen LogP contribution in [0.1, 0.15) is 37.5 Å². The highest BCUT2D eigenvalue weighted by Gasteiger charge is 2.30. The van der Waals surface area contributed by atoms with Gasteiger partial charge in [-0.2, -0.15) is 0 Å². The van der Waals surface area contributed by atoms with Crippen molar-refractivity contribution < 1.29 is 13.2 Å². The molecule has 1 saturated heterocycles. The molecule has 0 N–H and O–H groups in total. The molecule has 1 aliphatic heterocycles. The number of hydrogen-bond acceptors (Lipinski definition) is 6. The fourth-order valence-corrected chi connectivity index (χ4v) is 3.76. The van der Waals surface area contributed by atoms with Gasteiger partial charge in [-0.05, 0) is 36.1 Å². The van der Waals surface area contributed by atoms with Crippen molar-refractivity contribution in [2.24, 2.45) is 0 Å². The van der Waals surface area contributed by atoms with Crippen LogP contribution in [0, 0.1) is 0 Å². The van der Waals surface area contributed by atoms with E-state index >= 15 is 0 Å². The molecule has 1 aromatic heterocycles. The van der Waals surface area contributed by atoms with Gasteiger partial charge in [-0.3, -0.25) is 0 Å². The van der Waals surface area contributed by atoms with Crippen molar-refractivity contribution in [2.45, 2.75) is 43.6 Å². The number of sulfone groups is 1. The minimum absolute atomic E-state index is 0.0739. The molecule has 1 aliphatic carbocycles. The maximum Gasteiger partial charge on any atom is 0.166 e.